The third kappa shape index (κ3) is 4.35. The molecule has 2 N–H and O–H groups in total. The van der Waals surface area contributed by atoms with Gasteiger partial charge < -0.3 is 15.4 Å². The van der Waals surface area contributed by atoms with Crippen molar-refractivity contribution in [2.24, 2.45) is 0 Å². The van der Waals surface area contributed by atoms with E-state index >= 15 is 0 Å². The minimum atomic E-state index is -1.71. The Morgan fingerprint density at radius 2 is 1.72 bits per heavy atom. The number of hydrogen-bond donors (Lipinski definition) is 2. The number of rotatable bonds is 5. The van der Waals surface area contributed by atoms with Crippen molar-refractivity contribution in [1.82, 2.24) is 5.32 Å². The van der Waals surface area contributed by atoms with Crippen LogP contribution in [0.2, 0.25) is 0 Å². The quantitative estimate of drug-likeness (QED) is 0.623. The zero-order valence-corrected chi connectivity index (χ0v) is 13.5. The average Bonchev–Trinajstić information content (AvgIpc) is 3.09. The molecule has 10 heteroatoms. The minimum Gasteiger partial charge on any atom is -0.465 e. The number of ether oxygens (including phenoxy) is 1. The molecular weight excluding hydrogens is 361 g/mol. The largest absolute Gasteiger partial charge is 0.465 e. The van der Waals surface area contributed by atoms with Gasteiger partial charge in [0.2, 0.25) is 5.91 Å². The van der Waals surface area contributed by atoms with Gasteiger partial charge >= 0.3 is 5.97 Å². The van der Waals surface area contributed by atoms with Crippen LogP contribution in [0.3, 0.4) is 0 Å². The summed E-state index contributed by atoms with van der Waals surface area (Å²) in [5, 5.41) is 4.26. The van der Waals surface area contributed by atoms with Crippen molar-refractivity contribution in [3.05, 3.63) is 51.5 Å². The van der Waals surface area contributed by atoms with Crippen LogP contribution in [0.15, 0.2) is 24.3 Å². The molecule has 0 saturated carbocycles. The van der Waals surface area contributed by atoms with E-state index in [1.807, 2.05) is 5.32 Å². The van der Waals surface area contributed by atoms with Crippen LogP contribution in [0.1, 0.15) is 19.3 Å². The van der Waals surface area contributed by atoms with Crippen molar-refractivity contribution in [2.75, 3.05) is 19.0 Å². The summed E-state index contributed by atoms with van der Waals surface area (Å²) >= 11 is 0.866. The molecule has 2 rings (SSSR count). The highest BCUT2D eigenvalue weighted by atomic mass is 32.1. The fraction of sp³-hybridized carbons (Fsp3) is 0.133. The number of esters is 1. The lowest BCUT2D eigenvalue weighted by atomic mass is 10.2. The topological polar surface area (TPSA) is 84.5 Å². The van der Waals surface area contributed by atoms with Gasteiger partial charge in [0.15, 0.2) is 17.5 Å². The van der Waals surface area contributed by atoms with Crippen molar-refractivity contribution < 1.29 is 32.3 Å². The zero-order valence-electron chi connectivity index (χ0n) is 12.7. The highest BCUT2D eigenvalue weighted by Gasteiger charge is 2.17. The molecule has 132 valence electrons. The number of methoxy groups -OCH3 is 1. The molecule has 2 amide bonds. The highest BCUT2D eigenvalue weighted by Crippen LogP contribution is 2.19. The zero-order chi connectivity index (χ0) is 18.6. The van der Waals surface area contributed by atoms with Crippen LogP contribution >= 0.6 is 11.3 Å². The van der Waals surface area contributed by atoms with Gasteiger partial charge in [0.05, 0.1) is 24.2 Å². The second kappa shape index (κ2) is 7.79. The SMILES string of the molecule is COC(=O)c1ccc(C(=O)NCC(=O)Nc2ccc(F)c(F)c2F)s1. The molecule has 0 radical (unpaired) electrons. The predicted molar refractivity (Wildman–Crippen MR) is 82.9 cm³/mol. The number of amides is 2. The molecule has 6 nitrogen and oxygen atoms in total. The monoisotopic (exact) mass is 372 g/mol. The Morgan fingerprint density at radius 1 is 1.04 bits per heavy atom. The van der Waals surface area contributed by atoms with E-state index in [9.17, 15) is 27.6 Å². The molecular formula is C15H11F3N2O4S. The fourth-order valence-corrected chi connectivity index (χ4v) is 2.58. The summed E-state index contributed by atoms with van der Waals surface area (Å²) in [5.41, 5.74) is -0.553. The van der Waals surface area contributed by atoms with Gasteiger partial charge in [0, 0.05) is 0 Å². The van der Waals surface area contributed by atoms with E-state index in [2.05, 4.69) is 10.1 Å². The van der Waals surface area contributed by atoms with Crippen molar-refractivity contribution in [2.45, 2.75) is 0 Å². The summed E-state index contributed by atoms with van der Waals surface area (Å²) in [5.74, 6) is -6.72. The Balaban J connectivity index is 1.94. The number of hydrogen-bond acceptors (Lipinski definition) is 5. The van der Waals surface area contributed by atoms with Gasteiger partial charge in [-0.25, -0.2) is 18.0 Å². The number of anilines is 1. The van der Waals surface area contributed by atoms with E-state index in [0.29, 0.717) is 6.07 Å². The smallest absolute Gasteiger partial charge is 0.348 e. The number of halogens is 3. The molecule has 1 aromatic carbocycles. The van der Waals surface area contributed by atoms with Gasteiger partial charge in [-0.2, -0.15) is 0 Å². The molecule has 0 aliphatic carbocycles. The van der Waals surface area contributed by atoms with E-state index in [-0.39, 0.29) is 9.75 Å². The van der Waals surface area contributed by atoms with Crippen molar-refractivity contribution in [3.63, 3.8) is 0 Å². The molecule has 0 bridgehead atoms. The molecule has 0 aliphatic heterocycles. The van der Waals surface area contributed by atoms with Crippen LogP contribution < -0.4 is 10.6 Å². The standard InChI is InChI=1S/C15H11F3N2O4S/c1-24-15(23)10-5-4-9(25-10)14(22)19-6-11(21)20-8-3-2-7(16)12(17)13(8)18/h2-5H,6H2,1H3,(H,19,22)(H,20,21). The van der Waals surface area contributed by atoms with Gasteiger partial charge in [-0.15, -0.1) is 11.3 Å². The van der Waals surface area contributed by atoms with Gasteiger partial charge in [-0.05, 0) is 24.3 Å². The lowest BCUT2D eigenvalue weighted by Crippen LogP contribution is -2.32. The summed E-state index contributed by atoms with van der Waals surface area (Å²) in [6.45, 7) is -0.539. The molecule has 2 aromatic rings. The molecule has 0 unspecified atom stereocenters. The normalized spacial score (nSPS) is 10.2. The molecule has 1 heterocycles. The van der Waals surface area contributed by atoms with E-state index in [1.54, 1.807) is 0 Å². The van der Waals surface area contributed by atoms with Crippen LogP contribution in [0.25, 0.3) is 0 Å². The Kier molecular flexibility index (Phi) is 5.75. The Bertz CT molecular complexity index is 838. The highest BCUT2D eigenvalue weighted by molar-refractivity contribution is 7.15. The van der Waals surface area contributed by atoms with Gasteiger partial charge in [0.1, 0.15) is 4.88 Å². The van der Waals surface area contributed by atoms with Crippen LogP contribution in [0.5, 0.6) is 0 Å². The third-order valence-electron chi connectivity index (χ3n) is 2.94. The second-order valence-corrected chi connectivity index (χ2v) is 5.69. The molecule has 0 saturated heterocycles. The number of thiophene rings is 1. The van der Waals surface area contributed by atoms with E-state index in [4.69, 9.17) is 0 Å². The van der Waals surface area contributed by atoms with Crippen molar-refractivity contribution in [3.8, 4) is 0 Å². The number of benzene rings is 1. The first-order valence-corrected chi connectivity index (χ1v) is 7.54. The first-order valence-electron chi connectivity index (χ1n) is 6.73. The van der Waals surface area contributed by atoms with Gasteiger partial charge in [-0.3, -0.25) is 9.59 Å². The summed E-state index contributed by atoms with van der Waals surface area (Å²) in [6.07, 6.45) is 0. The molecule has 0 atom stereocenters. The van der Waals surface area contributed by atoms with Gasteiger partial charge in [-0.1, -0.05) is 0 Å². The summed E-state index contributed by atoms with van der Waals surface area (Å²) < 4.78 is 43.8. The first kappa shape index (κ1) is 18.5. The maximum Gasteiger partial charge on any atom is 0.348 e. The molecule has 0 aliphatic rings. The predicted octanol–water partition coefficient (Wildman–Crippen LogP) is 2.32. The van der Waals surface area contributed by atoms with Gasteiger partial charge in [0.25, 0.3) is 5.91 Å². The lowest BCUT2D eigenvalue weighted by molar-refractivity contribution is -0.115. The van der Waals surface area contributed by atoms with Crippen LogP contribution in [-0.2, 0) is 9.53 Å². The fourth-order valence-electron chi connectivity index (χ4n) is 1.73. The number of carbonyl (C=O) groups is 3. The maximum atomic E-state index is 13.4. The maximum absolute atomic E-state index is 13.4. The minimum absolute atomic E-state index is 0.159. The summed E-state index contributed by atoms with van der Waals surface area (Å²) in [7, 11) is 1.20. The van der Waals surface area contributed by atoms with Crippen LogP contribution in [0, 0.1) is 17.5 Å². The van der Waals surface area contributed by atoms with Crippen molar-refractivity contribution in [1.29, 1.82) is 0 Å². The molecule has 1 aromatic heterocycles. The molecule has 0 spiro atoms. The average molecular weight is 372 g/mol. The number of nitrogens with one attached hydrogen (secondary N) is 2. The Labute approximate surface area is 143 Å². The van der Waals surface area contributed by atoms with Crippen LogP contribution in [0.4, 0.5) is 18.9 Å². The Hall–Kier alpha value is -2.88. The van der Waals surface area contributed by atoms with Crippen molar-refractivity contribution >= 4 is 34.8 Å². The number of carbonyl (C=O) groups excluding carboxylic acids is 3. The van der Waals surface area contributed by atoms with Crippen LogP contribution in [-0.4, -0.2) is 31.4 Å². The summed E-state index contributed by atoms with van der Waals surface area (Å²) in [4.78, 5) is 35.2. The molecule has 25 heavy (non-hydrogen) atoms. The van der Waals surface area contributed by atoms with E-state index < -0.39 is 47.5 Å². The molecule has 0 fully saturated rings. The Morgan fingerprint density at radius 3 is 2.40 bits per heavy atom. The van der Waals surface area contributed by atoms with E-state index in [0.717, 1.165) is 17.4 Å². The summed E-state index contributed by atoms with van der Waals surface area (Å²) in [6, 6.07) is 4.28. The second-order valence-electron chi connectivity index (χ2n) is 4.61. The lowest BCUT2D eigenvalue weighted by Gasteiger charge is -2.08. The van der Waals surface area contributed by atoms with E-state index in [1.165, 1.54) is 19.2 Å². The third-order valence-corrected chi connectivity index (χ3v) is 4.00. The first-order chi connectivity index (χ1) is 11.8.